The highest BCUT2D eigenvalue weighted by molar-refractivity contribution is 5.83. The number of hydrogen-bond acceptors (Lipinski definition) is 3. The largest absolute Gasteiger partial charge is 0.375 e. The Bertz CT molecular complexity index is 255. The number of ether oxygens (including phenoxy) is 1. The zero-order valence-electron chi connectivity index (χ0n) is 10.4. The van der Waals surface area contributed by atoms with Gasteiger partial charge in [0.1, 0.15) is 12.4 Å². The number of piperidine rings is 1. The molecule has 0 unspecified atom stereocenters. The van der Waals surface area contributed by atoms with Gasteiger partial charge in [-0.3, -0.25) is 9.59 Å². The number of carbonyl (C=O) groups excluding carboxylic acids is 2. The molecule has 0 bridgehead atoms. The number of Topliss-reactive ketones (excluding diaryl/α,β-unsaturated/α-hetero) is 1. The Balaban J connectivity index is 2.39. The summed E-state index contributed by atoms with van der Waals surface area (Å²) in [7, 11) is 1.52. The van der Waals surface area contributed by atoms with Gasteiger partial charge in [-0.15, -0.1) is 0 Å². The van der Waals surface area contributed by atoms with Gasteiger partial charge in [0.05, 0.1) is 0 Å². The van der Waals surface area contributed by atoms with Crippen molar-refractivity contribution in [1.29, 1.82) is 0 Å². The average molecular weight is 227 g/mol. The summed E-state index contributed by atoms with van der Waals surface area (Å²) >= 11 is 0. The molecule has 1 aliphatic rings. The van der Waals surface area contributed by atoms with Gasteiger partial charge < -0.3 is 9.64 Å². The van der Waals surface area contributed by atoms with Crippen molar-refractivity contribution in [3.8, 4) is 0 Å². The molecule has 1 saturated heterocycles. The summed E-state index contributed by atoms with van der Waals surface area (Å²) in [6.45, 7) is 5.38. The van der Waals surface area contributed by atoms with Crippen LogP contribution in [0.25, 0.3) is 0 Å². The molecule has 92 valence electrons. The van der Waals surface area contributed by atoms with Crippen molar-refractivity contribution in [1.82, 2.24) is 4.90 Å². The summed E-state index contributed by atoms with van der Waals surface area (Å²) in [6.07, 6.45) is 1.60. The van der Waals surface area contributed by atoms with Gasteiger partial charge in [-0.25, -0.2) is 0 Å². The summed E-state index contributed by atoms with van der Waals surface area (Å²) in [5, 5.41) is 0. The van der Waals surface area contributed by atoms with Gasteiger partial charge in [-0.05, 0) is 12.8 Å². The first-order valence-electron chi connectivity index (χ1n) is 5.86. The first-order chi connectivity index (χ1) is 7.56. The number of nitrogens with zero attached hydrogens (tertiary/aromatic N) is 1. The van der Waals surface area contributed by atoms with E-state index in [0.29, 0.717) is 18.9 Å². The van der Waals surface area contributed by atoms with E-state index < -0.39 is 0 Å². The van der Waals surface area contributed by atoms with Crippen LogP contribution in [-0.2, 0) is 14.3 Å². The van der Waals surface area contributed by atoms with E-state index >= 15 is 0 Å². The summed E-state index contributed by atoms with van der Waals surface area (Å²) in [5.41, 5.74) is 0. The van der Waals surface area contributed by atoms with Gasteiger partial charge >= 0.3 is 0 Å². The van der Waals surface area contributed by atoms with Crippen LogP contribution in [0.3, 0.4) is 0 Å². The highest BCUT2D eigenvalue weighted by atomic mass is 16.5. The predicted molar refractivity (Wildman–Crippen MR) is 61.0 cm³/mol. The summed E-state index contributed by atoms with van der Waals surface area (Å²) < 4.78 is 4.81. The maximum absolute atomic E-state index is 11.8. The fourth-order valence-electron chi connectivity index (χ4n) is 2.10. The minimum Gasteiger partial charge on any atom is -0.375 e. The predicted octanol–water partition coefficient (Wildman–Crippen LogP) is 1.10. The lowest BCUT2D eigenvalue weighted by Crippen LogP contribution is -2.42. The van der Waals surface area contributed by atoms with Gasteiger partial charge in [0.25, 0.3) is 0 Å². The number of hydrogen-bond donors (Lipinski definition) is 0. The third kappa shape index (κ3) is 3.30. The molecule has 4 nitrogen and oxygen atoms in total. The van der Waals surface area contributed by atoms with Crippen molar-refractivity contribution in [2.45, 2.75) is 26.7 Å². The molecule has 0 spiro atoms. The quantitative estimate of drug-likeness (QED) is 0.722. The number of likely N-dealkylation sites (tertiary alicyclic amines) is 1. The van der Waals surface area contributed by atoms with Crippen LogP contribution < -0.4 is 0 Å². The molecule has 0 aliphatic carbocycles. The first-order valence-corrected chi connectivity index (χ1v) is 5.86. The minimum atomic E-state index is 0.0259. The Morgan fingerprint density at radius 3 is 2.31 bits per heavy atom. The minimum absolute atomic E-state index is 0.0259. The van der Waals surface area contributed by atoms with Crippen LogP contribution in [-0.4, -0.2) is 43.4 Å². The molecule has 0 aromatic carbocycles. The number of methoxy groups -OCH3 is 1. The molecule has 1 aliphatic heterocycles. The van der Waals surface area contributed by atoms with E-state index in [1.54, 1.807) is 4.90 Å². The van der Waals surface area contributed by atoms with E-state index in [-0.39, 0.29) is 24.3 Å². The fourth-order valence-corrected chi connectivity index (χ4v) is 2.10. The zero-order valence-corrected chi connectivity index (χ0v) is 10.4. The van der Waals surface area contributed by atoms with Crippen molar-refractivity contribution < 1.29 is 14.3 Å². The van der Waals surface area contributed by atoms with E-state index in [4.69, 9.17) is 4.74 Å². The molecule has 0 aromatic heterocycles. The topological polar surface area (TPSA) is 46.6 Å². The van der Waals surface area contributed by atoms with Crippen LogP contribution in [0.2, 0.25) is 0 Å². The van der Waals surface area contributed by atoms with E-state index in [1.807, 2.05) is 13.8 Å². The van der Waals surface area contributed by atoms with Crippen molar-refractivity contribution in [2.24, 2.45) is 11.8 Å². The number of rotatable bonds is 4. The molecule has 1 heterocycles. The van der Waals surface area contributed by atoms with Crippen LogP contribution in [0.5, 0.6) is 0 Å². The number of amides is 1. The zero-order chi connectivity index (χ0) is 12.1. The molecule has 16 heavy (non-hydrogen) atoms. The molecule has 1 amide bonds. The maximum atomic E-state index is 11.8. The molecular formula is C12H21NO3. The highest BCUT2D eigenvalue weighted by Crippen LogP contribution is 2.21. The molecular weight excluding hydrogens is 206 g/mol. The van der Waals surface area contributed by atoms with Crippen molar-refractivity contribution in [3.05, 3.63) is 0 Å². The third-order valence-electron chi connectivity index (χ3n) is 3.09. The van der Waals surface area contributed by atoms with Crippen LogP contribution >= 0.6 is 0 Å². The van der Waals surface area contributed by atoms with E-state index in [0.717, 1.165) is 12.8 Å². The van der Waals surface area contributed by atoms with Crippen molar-refractivity contribution >= 4 is 11.7 Å². The molecule has 1 rings (SSSR count). The fraction of sp³-hybridized carbons (Fsp3) is 0.833. The summed E-state index contributed by atoms with van der Waals surface area (Å²) in [4.78, 5) is 25.1. The number of ketones is 1. The Morgan fingerprint density at radius 2 is 1.88 bits per heavy atom. The normalized spacial score (nSPS) is 17.9. The summed E-state index contributed by atoms with van der Waals surface area (Å²) in [6, 6.07) is 0. The highest BCUT2D eigenvalue weighted by Gasteiger charge is 2.28. The average Bonchev–Trinajstić information content (AvgIpc) is 2.28. The van der Waals surface area contributed by atoms with Gasteiger partial charge in [-0.1, -0.05) is 13.8 Å². The third-order valence-corrected chi connectivity index (χ3v) is 3.09. The lowest BCUT2D eigenvalue weighted by atomic mass is 9.87. The van der Waals surface area contributed by atoms with E-state index in [9.17, 15) is 9.59 Å². The van der Waals surface area contributed by atoms with Crippen molar-refractivity contribution in [3.63, 3.8) is 0 Å². The van der Waals surface area contributed by atoms with Crippen LogP contribution in [0.1, 0.15) is 26.7 Å². The van der Waals surface area contributed by atoms with Crippen LogP contribution in [0.4, 0.5) is 0 Å². The standard InChI is InChI=1S/C12H21NO3/c1-9(2)12(15)10-4-6-13(7-5-10)11(14)8-16-3/h9-10H,4-8H2,1-3H3. The molecule has 0 saturated carbocycles. The molecule has 1 fully saturated rings. The van der Waals surface area contributed by atoms with E-state index in [2.05, 4.69) is 0 Å². The Hall–Kier alpha value is -0.900. The monoisotopic (exact) mass is 227 g/mol. The Labute approximate surface area is 96.9 Å². The molecule has 4 heteroatoms. The first kappa shape index (κ1) is 13.2. The SMILES string of the molecule is COCC(=O)N1CCC(C(=O)C(C)C)CC1. The second-order valence-corrected chi connectivity index (χ2v) is 4.65. The molecule has 0 atom stereocenters. The lowest BCUT2D eigenvalue weighted by molar-refractivity contribution is -0.138. The second-order valence-electron chi connectivity index (χ2n) is 4.65. The van der Waals surface area contributed by atoms with Crippen molar-refractivity contribution in [2.75, 3.05) is 26.8 Å². The second kappa shape index (κ2) is 5.99. The summed E-state index contributed by atoms with van der Waals surface area (Å²) in [5.74, 6) is 0.606. The van der Waals surface area contributed by atoms with Crippen LogP contribution in [0, 0.1) is 11.8 Å². The maximum Gasteiger partial charge on any atom is 0.248 e. The van der Waals surface area contributed by atoms with Crippen LogP contribution in [0.15, 0.2) is 0 Å². The molecule has 0 radical (unpaired) electrons. The molecule has 0 aromatic rings. The lowest BCUT2D eigenvalue weighted by Gasteiger charge is -2.31. The van der Waals surface area contributed by atoms with Gasteiger partial charge in [0.15, 0.2) is 0 Å². The smallest absolute Gasteiger partial charge is 0.248 e. The number of carbonyl (C=O) groups is 2. The molecule has 0 N–H and O–H groups in total. The Kier molecular flexibility index (Phi) is 4.93. The Morgan fingerprint density at radius 1 is 1.31 bits per heavy atom. The van der Waals surface area contributed by atoms with Gasteiger partial charge in [-0.2, -0.15) is 0 Å². The van der Waals surface area contributed by atoms with Gasteiger partial charge in [0.2, 0.25) is 5.91 Å². The van der Waals surface area contributed by atoms with Gasteiger partial charge in [0, 0.05) is 32.0 Å². The van der Waals surface area contributed by atoms with E-state index in [1.165, 1.54) is 7.11 Å².